The van der Waals surface area contributed by atoms with Gasteiger partial charge in [-0.15, -0.1) is 0 Å². The summed E-state index contributed by atoms with van der Waals surface area (Å²) < 4.78 is 5.67. The van der Waals surface area contributed by atoms with Gasteiger partial charge in [-0.1, -0.05) is 48.0 Å². The van der Waals surface area contributed by atoms with Crippen molar-refractivity contribution in [3.63, 3.8) is 0 Å². The molecule has 2 aromatic rings. The number of rotatable bonds is 3. The van der Waals surface area contributed by atoms with Crippen LogP contribution in [0, 0.1) is 26.7 Å². The third-order valence-electron chi connectivity index (χ3n) is 4.13. The van der Waals surface area contributed by atoms with E-state index in [2.05, 4.69) is 31.2 Å². The van der Waals surface area contributed by atoms with Crippen molar-refractivity contribution < 1.29 is 9.53 Å². The lowest BCUT2D eigenvalue weighted by Gasteiger charge is -2.11. The first-order valence-corrected chi connectivity index (χ1v) is 7.40. The summed E-state index contributed by atoms with van der Waals surface area (Å²) in [5.41, 5.74) is 4.48. The van der Waals surface area contributed by atoms with Gasteiger partial charge in [-0.25, -0.2) is 0 Å². The quantitative estimate of drug-likeness (QED) is 0.618. The average molecular weight is 280 g/mol. The Bertz CT molecular complexity index is 650. The number of hydrogen-bond donors (Lipinski definition) is 0. The normalized spacial score (nSPS) is 20.1. The Morgan fingerprint density at radius 1 is 1.05 bits per heavy atom. The summed E-state index contributed by atoms with van der Waals surface area (Å²) in [5, 5.41) is 0. The molecule has 21 heavy (non-hydrogen) atoms. The van der Waals surface area contributed by atoms with Crippen LogP contribution in [0.25, 0.3) is 0 Å². The molecule has 0 heterocycles. The van der Waals surface area contributed by atoms with E-state index in [1.807, 2.05) is 32.0 Å². The van der Waals surface area contributed by atoms with Crippen molar-refractivity contribution in [1.82, 2.24) is 0 Å². The molecule has 1 aliphatic rings. The van der Waals surface area contributed by atoms with Crippen LogP contribution in [0.5, 0.6) is 5.75 Å². The topological polar surface area (TPSA) is 26.3 Å². The van der Waals surface area contributed by atoms with E-state index in [-0.39, 0.29) is 11.9 Å². The van der Waals surface area contributed by atoms with Crippen LogP contribution < -0.4 is 4.74 Å². The van der Waals surface area contributed by atoms with Crippen molar-refractivity contribution in [2.75, 3.05) is 0 Å². The van der Waals surface area contributed by atoms with Crippen LogP contribution >= 0.6 is 0 Å². The molecule has 0 aromatic heterocycles. The van der Waals surface area contributed by atoms with Crippen LogP contribution in [-0.2, 0) is 4.79 Å². The van der Waals surface area contributed by atoms with Crippen LogP contribution in [0.1, 0.15) is 34.6 Å². The maximum Gasteiger partial charge on any atom is 0.314 e. The molecule has 0 amide bonds. The molecular formula is C19H20O2. The van der Waals surface area contributed by atoms with Gasteiger partial charge in [0.25, 0.3) is 0 Å². The molecule has 2 aromatic carbocycles. The smallest absolute Gasteiger partial charge is 0.314 e. The van der Waals surface area contributed by atoms with Gasteiger partial charge in [-0.05, 0) is 49.8 Å². The fourth-order valence-electron chi connectivity index (χ4n) is 3.03. The Kier molecular flexibility index (Phi) is 3.54. The standard InChI is InChI=1S/C19H20O2/c1-12-9-13(2)18(14(3)10-12)21-19(20)17-11-16(17)15-7-5-4-6-8-15/h4-10,16-17H,11H2,1-3H3/t16-,17+/m0/s1. The Labute approximate surface area is 125 Å². The predicted octanol–water partition coefficient (Wildman–Crippen LogP) is 4.32. The highest BCUT2D eigenvalue weighted by atomic mass is 16.5. The molecule has 1 fully saturated rings. The molecule has 0 unspecified atom stereocenters. The fraction of sp³-hybridized carbons (Fsp3) is 0.316. The van der Waals surface area contributed by atoms with Crippen molar-refractivity contribution in [2.45, 2.75) is 33.1 Å². The van der Waals surface area contributed by atoms with Crippen LogP contribution in [0.15, 0.2) is 42.5 Å². The zero-order valence-electron chi connectivity index (χ0n) is 12.7. The van der Waals surface area contributed by atoms with E-state index in [1.54, 1.807) is 0 Å². The van der Waals surface area contributed by atoms with Gasteiger partial charge in [0.2, 0.25) is 0 Å². The molecule has 0 aliphatic heterocycles. The molecule has 1 aliphatic carbocycles. The SMILES string of the molecule is Cc1cc(C)c(OC(=O)[C@@H]2C[C@H]2c2ccccc2)c(C)c1. The van der Waals surface area contributed by atoms with E-state index in [1.165, 1.54) is 11.1 Å². The second kappa shape index (κ2) is 5.36. The van der Waals surface area contributed by atoms with E-state index in [0.717, 1.165) is 23.3 Å². The third kappa shape index (κ3) is 2.85. The van der Waals surface area contributed by atoms with Crippen LogP contribution in [0.4, 0.5) is 0 Å². The minimum Gasteiger partial charge on any atom is -0.426 e. The molecule has 108 valence electrons. The van der Waals surface area contributed by atoms with Gasteiger partial charge in [-0.2, -0.15) is 0 Å². The number of aryl methyl sites for hydroxylation is 3. The lowest BCUT2D eigenvalue weighted by atomic mass is 10.1. The monoisotopic (exact) mass is 280 g/mol. The molecule has 0 radical (unpaired) electrons. The third-order valence-corrected chi connectivity index (χ3v) is 4.13. The Morgan fingerprint density at radius 3 is 2.29 bits per heavy atom. The van der Waals surface area contributed by atoms with Gasteiger partial charge in [0.1, 0.15) is 5.75 Å². The highest BCUT2D eigenvalue weighted by Crippen LogP contribution is 2.48. The summed E-state index contributed by atoms with van der Waals surface area (Å²) in [7, 11) is 0. The Morgan fingerprint density at radius 2 is 1.67 bits per heavy atom. The van der Waals surface area contributed by atoms with Gasteiger partial charge in [0.05, 0.1) is 5.92 Å². The number of benzene rings is 2. The summed E-state index contributed by atoms with van der Waals surface area (Å²) in [6.07, 6.45) is 0.896. The first-order valence-electron chi connectivity index (χ1n) is 7.40. The summed E-state index contributed by atoms with van der Waals surface area (Å²) in [6, 6.07) is 14.3. The van der Waals surface area contributed by atoms with Gasteiger partial charge < -0.3 is 4.74 Å². The molecular weight excluding hydrogens is 260 g/mol. The minimum absolute atomic E-state index is 0.00695. The molecule has 0 spiro atoms. The van der Waals surface area contributed by atoms with Gasteiger partial charge >= 0.3 is 5.97 Å². The second-order valence-electron chi connectivity index (χ2n) is 6.01. The molecule has 0 saturated heterocycles. The molecule has 3 rings (SSSR count). The first-order chi connectivity index (χ1) is 10.1. The van der Waals surface area contributed by atoms with Crippen molar-refractivity contribution >= 4 is 5.97 Å². The lowest BCUT2D eigenvalue weighted by molar-refractivity contribution is -0.136. The number of carbonyl (C=O) groups excluding carboxylic acids is 1. The highest BCUT2D eigenvalue weighted by molar-refractivity contribution is 5.80. The van der Waals surface area contributed by atoms with Crippen LogP contribution in [-0.4, -0.2) is 5.97 Å². The highest BCUT2D eigenvalue weighted by Gasteiger charge is 2.45. The van der Waals surface area contributed by atoms with Crippen LogP contribution in [0.3, 0.4) is 0 Å². The molecule has 0 bridgehead atoms. The summed E-state index contributed by atoms with van der Waals surface area (Å²) >= 11 is 0. The Hall–Kier alpha value is -2.09. The van der Waals surface area contributed by atoms with Gasteiger partial charge in [0.15, 0.2) is 0 Å². The minimum atomic E-state index is -0.0982. The fourth-order valence-corrected chi connectivity index (χ4v) is 3.03. The number of hydrogen-bond acceptors (Lipinski definition) is 2. The average Bonchev–Trinajstić information content (AvgIpc) is 3.24. The molecule has 2 atom stereocenters. The summed E-state index contributed by atoms with van der Waals surface area (Å²) in [5.74, 6) is 0.959. The van der Waals surface area contributed by atoms with E-state index >= 15 is 0 Å². The largest absolute Gasteiger partial charge is 0.426 e. The van der Waals surface area contributed by atoms with E-state index in [0.29, 0.717) is 5.92 Å². The molecule has 2 nitrogen and oxygen atoms in total. The lowest BCUT2D eigenvalue weighted by Crippen LogP contribution is -2.13. The summed E-state index contributed by atoms with van der Waals surface area (Å²) in [4.78, 5) is 12.3. The van der Waals surface area contributed by atoms with E-state index in [4.69, 9.17) is 4.74 Å². The van der Waals surface area contributed by atoms with Gasteiger partial charge in [-0.3, -0.25) is 4.79 Å². The Balaban J connectivity index is 1.72. The van der Waals surface area contributed by atoms with E-state index < -0.39 is 0 Å². The molecule has 2 heteroatoms. The van der Waals surface area contributed by atoms with Crippen molar-refractivity contribution in [3.05, 3.63) is 64.7 Å². The zero-order chi connectivity index (χ0) is 15.0. The maximum absolute atomic E-state index is 12.3. The number of esters is 1. The molecule has 1 saturated carbocycles. The van der Waals surface area contributed by atoms with Gasteiger partial charge in [0, 0.05) is 0 Å². The van der Waals surface area contributed by atoms with Crippen molar-refractivity contribution in [1.29, 1.82) is 0 Å². The van der Waals surface area contributed by atoms with Crippen molar-refractivity contribution in [2.24, 2.45) is 5.92 Å². The number of carbonyl (C=O) groups is 1. The predicted molar refractivity (Wildman–Crippen MR) is 83.6 cm³/mol. The summed E-state index contributed by atoms with van der Waals surface area (Å²) in [6.45, 7) is 6.03. The van der Waals surface area contributed by atoms with Crippen molar-refractivity contribution in [3.8, 4) is 5.75 Å². The maximum atomic E-state index is 12.3. The first kappa shape index (κ1) is 13.9. The zero-order valence-corrected chi connectivity index (χ0v) is 12.7. The molecule has 0 N–H and O–H groups in total. The number of ether oxygens (including phenoxy) is 1. The second-order valence-corrected chi connectivity index (χ2v) is 6.01. The van der Waals surface area contributed by atoms with Crippen LogP contribution in [0.2, 0.25) is 0 Å². The van der Waals surface area contributed by atoms with E-state index in [9.17, 15) is 4.79 Å².